The molecule has 0 aromatic heterocycles. The van der Waals surface area contributed by atoms with Crippen molar-refractivity contribution in [2.45, 2.75) is 61.0 Å². The summed E-state index contributed by atoms with van der Waals surface area (Å²) < 4.78 is -2.00. The minimum atomic E-state index is -1.01. The van der Waals surface area contributed by atoms with Crippen molar-refractivity contribution in [2.24, 2.45) is 0 Å². The lowest BCUT2D eigenvalue weighted by Gasteiger charge is -2.30. The maximum atomic E-state index is 6.81. The molecule has 0 atom stereocenters. The van der Waals surface area contributed by atoms with E-state index >= 15 is 0 Å². The third kappa shape index (κ3) is 4.52. The first-order chi connectivity index (χ1) is 11.3. The van der Waals surface area contributed by atoms with Gasteiger partial charge in [-0.05, 0) is 29.2 Å². The highest BCUT2D eigenvalue weighted by atomic mass is 35.5. The van der Waals surface area contributed by atoms with Crippen LogP contribution >= 0.6 is 46.4 Å². The van der Waals surface area contributed by atoms with Crippen LogP contribution < -0.4 is 0 Å². The first kappa shape index (κ1) is 20.2. The number of benzene rings is 2. The molecule has 0 saturated heterocycles. The lowest BCUT2D eigenvalue weighted by molar-refractivity contribution is 0.630. The van der Waals surface area contributed by atoms with Crippen LogP contribution in [0.15, 0.2) is 36.4 Å². The van der Waals surface area contributed by atoms with Gasteiger partial charge in [0.25, 0.3) is 0 Å². The number of fused-ring (bicyclic) bond motifs is 1. The Balaban J connectivity index is 2.64. The molecule has 0 aliphatic heterocycles. The summed E-state index contributed by atoms with van der Waals surface area (Å²) in [6.07, 6.45) is 5.31. The summed E-state index contributed by atoms with van der Waals surface area (Å²) >= 11 is 27.1. The third-order valence-corrected chi connectivity index (χ3v) is 5.92. The molecule has 0 bridgehead atoms. The second-order valence-electron chi connectivity index (χ2n) is 6.33. The summed E-state index contributed by atoms with van der Waals surface area (Å²) in [6, 6.07) is 12.1. The fourth-order valence-corrected chi connectivity index (χ4v) is 4.28. The molecule has 0 radical (unpaired) electrons. The SMILES string of the molecule is CCCCC(Cl)(Cl)c1ccc2ccccc2c1C(Cl)(Cl)CCCC. The second kappa shape index (κ2) is 8.49. The molecule has 132 valence electrons. The number of halogens is 4. The molecule has 24 heavy (non-hydrogen) atoms. The Labute approximate surface area is 165 Å². The molecule has 0 N–H and O–H groups in total. The highest BCUT2D eigenvalue weighted by molar-refractivity contribution is 6.50. The van der Waals surface area contributed by atoms with E-state index in [4.69, 9.17) is 46.4 Å². The van der Waals surface area contributed by atoms with Crippen molar-refractivity contribution >= 4 is 57.2 Å². The topological polar surface area (TPSA) is 0 Å². The zero-order valence-electron chi connectivity index (χ0n) is 14.2. The molecular formula is C20H24Cl4. The Morgan fingerprint density at radius 2 is 1.33 bits per heavy atom. The molecule has 0 heterocycles. The molecule has 2 rings (SSSR count). The fourth-order valence-electron chi connectivity index (χ4n) is 3.03. The van der Waals surface area contributed by atoms with Gasteiger partial charge in [0.15, 0.2) is 0 Å². The number of rotatable bonds is 8. The van der Waals surface area contributed by atoms with Crippen molar-refractivity contribution in [3.05, 3.63) is 47.5 Å². The van der Waals surface area contributed by atoms with Crippen molar-refractivity contribution in [1.82, 2.24) is 0 Å². The van der Waals surface area contributed by atoms with E-state index in [-0.39, 0.29) is 0 Å². The summed E-state index contributed by atoms with van der Waals surface area (Å²) in [5.41, 5.74) is 1.69. The van der Waals surface area contributed by atoms with Crippen molar-refractivity contribution < 1.29 is 0 Å². The molecule has 0 nitrogen and oxygen atoms in total. The van der Waals surface area contributed by atoms with E-state index in [0.29, 0.717) is 12.8 Å². The van der Waals surface area contributed by atoms with Crippen LogP contribution in [0.4, 0.5) is 0 Å². The van der Waals surface area contributed by atoms with Crippen LogP contribution in [0, 0.1) is 0 Å². The molecule has 0 aliphatic rings. The van der Waals surface area contributed by atoms with Crippen LogP contribution in [0.2, 0.25) is 0 Å². The maximum absolute atomic E-state index is 6.81. The van der Waals surface area contributed by atoms with Gasteiger partial charge in [-0.15, -0.1) is 0 Å². The van der Waals surface area contributed by atoms with E-state index in [2.05, 4.69) is 19.9 Å². The molecule has 0 spiro atoms. The number of alkyl halides is 4. The zero-order chi connectivity index (χ0) is 17.8. The summed E-state index contributed by atoms with van der Waals surface area (Å²) in [5.74, 6) is 0. The van der Waals surface area contributed by atoms with E-state index in [1.165, 1.54) is 0 Å². The predicted molar refractivity (Wildman–Crippen MR) is 110 cm³/mol. The molecule has 2 aromatic rings. The Morgan fingerprint density at radius 3 is 1.96 bits per heavy atom. The average Bonchev–Trinajstić information content (AvgIpc) is 2.57. The summed E-state index contributed by atoms with van der Waals surface area (Å²) in [6.45, 7) is 4.25. The molecule has 0 saturated carbocycles. The van der Waals surface area contributed by atoms with Crippen LogP contribution in [0.1, 0.15) is 63.5 Å². The van der Waals surface area contributed by atoms with Crippen LogP contribution in [0.25, 0.3) is 10.8 Å². The van der Waals surface area contributed by atoms with Crippen molar-refractivity contribution in [3.8, 4) is 0 Å². The van der Waals surface area contributed by atoms with Gasteiger partial charge >= 0.3 is 0 Å². The molecule has 0 amide bonds. The van der Waals surface area contributed by atoms with E-state index in [9.17, 15) is 0 Å². The Kier molecular flexibility index (Phi) is 7.14. The molecule has 0 aliphatic carbocycles. The van der Waals surface area contributed by atoms with Gasteiger partial charge in [-0.25, -0.2) is 0 Å². The number of hydrogen-bond donors (Lipinski definition) is 0. The van der Waals surface area contributed by atoms with E-state index < -0.39 is 8.67 Å². The monoisotopic (exact) mass is 404 g/mol. The molecule has 2 aromatic carbocycles. The standard InChI is InChI=1S/C20H24Cl4/c1-3-5-13-19(21,22)17-12-11-15-9-7-8-10-16(15)18(17)20(23,24)14-6-4-2/h7-12H,3-6,13-14H2,1-2H3. The van der Waals surface area contributed by atoms with Gasteiger partial charge in [0, 0.05) is 5.56 Å². The summed E-state index contributed by atoms with van der Waals surface area (Å²) in [5, 5.41) is 2.12. The average molecular weight is 406 g/mol. The Hall–Kier alpha value is -0.140. The van der Waals surface area contributed by atoms with Crippen LogP contribution in [-0.2, 0) is 8.67 Å². The van der Waals surface area contributed by atoms with Crippen LogP contribution in [0.3, 0.4) is 0 Å². The summed E-state index contributed by atoms with van der Waals surface area (Å²) in [4.78, 5) is 0. The third-order valence-electron chi connectivity index (χ3n) is 4.38. The van der Waals surface area contributed by atoms with Gasteiger partial charge < -0.3 is 0 Å². The Bertz CT molecular complexity index is 676. The number of unbranched alkanes of at least 4 members (excludes halogenated alkanes) is 2. The van der Waals surface area contributed by atoms with Crippen molar-refractivity contribution in [1.29, 1.82) is 0 Å². The smallest absolute Gasteiger partial charge is 0.0963 e. The van der Waals surface area contributed by atoms with E-state index in [1.807, 2.05) is 30.3 Å². The molecule has 0 unspecified atom stereocenters. The van der Waals surface area contributed by atoms with Gasteiger partial charge in [0.1, 0.15) is 8.67 Å². The molecule has 0 fully saturated rings. The summed E-state index contributed by atoms with van der Waals surface area (Å²) in [7, 11) is 0. The van der Waals surface area contributed by atoms with Crippen LogP contribution in [0.5, 0.6) is 0 Å². The van der Waals surface area contributed by atoms with Crippen molar-refractivity contribution in [2.75, 3.05) is 0 Å². The van der Waals surface area contributed by atoms with Gasteiger partial charge in [0.2, 0.25) is 0 Å². The molecular weight excluding hydrogens is 382 g/mol. The largest absolute Gasteiger partial charge is 0.144 e. The quantitative estimate of drug-likeness (QED) is 0.386. The molecule has 4 heteroatoms. The predicted octanol–water partition coefficient (Wildman–Crippen LogP) is 8.48. The van der Waals surface area contributed by atoms with Crippen LogP contribution in [-0.4, -0.2) is 0 Å². The normalized spacial score (nSPS) is 12.8. The maximum Gasteiger partial charge on any atom is 0.144 e. The number of hydrogen-bond acceptors (Lipinski definition) is 0. The lowest BCUT2D eigenvalue weighted by Crippen LogP contribution is -2.21. The fraction of sp³-hybridized carbons (Fsp3) is 0.500. The van der Waals surface area contributed by atoms with Gasteiger partial charge in [-0.1, -0.05) is 122 Å². The minimum absolute atomic E-state index is 0.672. The van der Waals surface area contributed by atoms with E-state index in [0.717, 1.165) is 47.6 Å². The second-order valence-corrected chi connectivity index (χ2v) is 9.29. The highest BCUT2D eigenvalue weighted by Gasteiger charge is 2.37. The van der Waals surface area contributed by atoms with Gasteiger partial charge in [0.05, 0.1) is 0 Å². The zero-order valence-corrected chi connectivity index (χ0v) is 17.2. The lowest BCUT2D eigenvalue weighted by atomic mass is 9.90. The van der Waals surface area contributed by atoms with Crippen molar-refractivity contribution in [3.63, 3.8) is 0 Å². The van der Waals surface area contributed by atoms with E-state index in [1.54, 1.807) is 0 Å². The minimum Gasteiger partial charge on any atom is -0.0963 e. The Morgan fingerprint density at radius 1 is 0.750 bits per heavy atom. The first-order valence-electron chi connectivity index (χ1n) is 8.62. The first-order valence-corrected chi connectivity index (χ1v) is 10.1. The van der Waals surface area contributed by atoms with Gasteiger partial charge in [-0.3, -0.25) is 0 Å². The van der Waals surface area contributed by atoms with Gasteiger partial charge in [-0.2, -0.15) is 0 Å². The highest BCUT2D eigenvalue weighted by Crippen LogP contribution is 2.50.